The molecule has 9 heteroatoms. The highest BCUT2D eigenvalue weighted by Crippen LogP contribution is 2.31. The van der Waals surface area contributed by atoms with E-state index in [1.54, 1.807) is 20.4 Å². The number of H-pyrrole nitrogens is 1. The lowest BCUT2D eigenvalue weighted by molar-refractivity contribution is 0.383. The molecule has 0 aliphatic carbocycles. The zero-order chi connectivity index (χ0) is 23.1. The molecule has 2 aromatic heterocycles. The van der Waals surface area contributed by atoms with Gasteiger partial charge in [-0.1, -0.05) is 20.8 Å². The van der Waals surface area contributed by atoms with E-state index in [9.17, 15) is 0 Å². The molecule has 0 fully saturated rings. The summed E-state index contributed by atoms with van der Waals surface area (Å²) in [6, 6.07) is 6.03. The van der Waals surface area contributed by atoms with Gasteiger partial charge in [0.2, 0.25) is 5.89 Å². The molecule has 0 saturated carbocycles. The Balaban J connectivity index is 0.00000385. The molecule has 0 unspecified atom stereocenters. The van der Waals surface area contributed by atoms with E-state index in [1.165, 1.54) is 0 Å². The normalized spacial score (nSPS) is 11.9. The van der Waals surface area contributed by atoms with E-state index in [0.717, 1.165) is 65.7 Å². The first-order valence-corrected chi connectivity index (χ1v) is 11.0. The third-order valence-electron chi connectivity index (χ3n) is 5.11. The standard InChI is InChI=1S/C24H35N5O3.HI/c1-7-25-23(28-15-22-27-14-21(32-22)24(2,3)4)26-10-8-9-16-11-18-19(29-16)12-17(30-5)13-20(18)31-6;/h11-14,29H,7-10,15H2,1-6H3,(H2,25,26,28);1H. The van der Waals surface area contributed by atoms with Crippen LogP contribution < -0.4 is 20.1 Å². The molecule has 0 amide bonds. The molecule has 0 atom stereocenters. The number of hydrogen-bond donors (Lipinski definition) is 3. The van der Waals surface area contributed by atoms with Gasteiger partial charge in [0.15, 0.2) is 5.96 Å². The van der Waals surface area contributed by atoms with Crippen molar-refractivity contribution in [3.8, 4) is 11.5 Å². The second-order valence-electron chi connectivity index (χ2n) is 8.68. The number of guanidine groups is 1. The minimum absolute atomic E-state index is 0. The van der Waals surface area contributed by atoms with Crippen LogP contribution in [0.3, 0.4) is 0 Å². The molecular formula is C24H36IN5O3. The Labute approximate surface area is 213 Å². The van der Waals surface area contributed by atoms with Crippen molar-refractivity contribution in [3.05, 3.63) is 41.7 Å². The minimum atomic E-state index is -0.0600. The fraction of sp³-hybridized carbons (Fsp3) is 0.500. The number of aromatic nitrogens is 2. The number of fused-ring (bicyclic) bond motifs is 1. The summed E-state index contributed by atoms with van der Waals surface area (Å²) in [6.45, 7) is 10.3. The Morgan fingerprint density at radius 1 is 1.15 bits per heavy atom. The molecule has 0 saturated heterocycles. The van der Waals surface area contributed by atoms with Gasteiger partial charge in [0.05, 0.1) is 25.9 Å². The van der Waals surface area contributed by atoms with Gasteiger partial charge in [-0.15, -0.1) is 24.0 Å². The quantitative estimate of drug-likeness (QED) is 0.149. The second-order valence-corrected chi connectivity index (χ2v) is 8.68. The van der Waals surface area contributed by atoms with Crippen molar-refractivity contribution in [1.82, 2.24) is 20.6 Å². The monoisotopic (exact) mass is 569 g/mol. The molecule has 0 aliphatic rings. The Morgan fingerprint density at radius 3 is 2.58 bits per heavy atom. The summed E-state index contributed by atoms with van der Waals surface area (Å²) in [4.78, 5) is 12.4. The van der Waals surface area contributed by atoms with Crippen molar-refractivity contribution < 1.29 is 13.9 Å². The van der Waals surface area contributed by atoms with Crippen LogP contribution in [0.15, 0.2) is 33.8 Å². The SMILES string of the molecule is CCNC(=NCc1ncc(C(C)(C)C)o1)NCCCc1cc2c(OC)cc(OC)cc2[nH]1.I. The van der Waals surface area contributed by atoms with Gasteiger partial charge in [-0.2, -0.15) is 0 Å². The molecular weight excluding hydrogens is 533 g/mol. The molecule has 0 bridgehead atoms. The fourth-order valence-corrected chi connectivity index (χ4v) is 3.36. The van der Waals surface area contributed by atoms with E-state index in [1.807, 2.05) is 19.1 Å². The Hall–Kier alpha value is -2.43. The van der Waals surface area contributed by atoms with Crippen LogP contribution in [0, 0.1) is 0 Å². The zero-order valence-electron chi connectivity index (χ0n) is 20.4. The molecule has 1 aromatic carbocycles. The number of nitrogens with one attached hydrogen (secondary N) is 3. The zero-order valence-corrected chi connectivity index (χ0v) is 22.7. The van der Waals surface area contributed by atoms with E-state index < -0.39 is 0 Å². The molecule has 3 N–H and O–H groups in total. The second kappa shape index (κ2) is 12.2. The number of ether oxygens (including phenoxy) is 2. The maximum absolute atomic E-state index is 5.83. The number of aromatic amines is 1. The van der Waals surface area contributed by atoms with E-state index in [-0.39, 0.29) is 29.4 Å². The average Bonchev–Trinajstić information content (AvgIpc) is 3.40. The first kappa shape index (κ1) is 26.8. The fourth-order valence-electron chi connectivity index (χ4n) is 3.36. The van der Waals surface area contributed by atoms with Crippen LogP contribution in [0.1, 0.15) is 51.5 Å². The predicted molar refractivity (Wildman–Crippen MR) is 143 cm³/mol. The smallest absolute Gasteiger partial charge is 0.216 e. The third-order valence-corrected chi connectivity index (χ3v) is 5.11. The lowest BCUT2D eigenvalue weighted by Crippen LogP contribution is -2.37. The number of benzene rings is 1. The van der Waals surface area contributed by atoms with E-state index in [2.05, 4.69) is 52.4 Å². The first-order valence-electron chi connectivity index (χ1n) is 11.0. The summed E-state index contributed by atoms with van der Waals surface area (Å²) >= 11 is 0. The van der Waals surface area contributed by atoms with E-state index in [4.69, 9.17) is 13.9 Å². The Morgan fingerprint density at radius 2 is 1.94 bits per heavy atom. The van der Waals surface area contributed by atoms with Gasteiger partial charge in [0.1, 0.15) is 23.8 Å². The van der Waals surface area contributed by atoms with Crippen LogP contribution in [0.25, 0.3) is 10.9 Å². The van der Waals surface area contributed by atoms with E-state index >= 15 is 0 Å². The maximum Gasteiger partial charge on any atom is 0.216 e. The number of rotatable bonds is 9. The van der Waals surface area contributed by atoms with Gasteiger partial charge in [0, 0.05) is 41.7 Å². The largest absolute Gasteiger partial charge is 0.497 e. The van der Waals surface area contributed by atoms with Crippen LogP contribution in [-0.4, -0.2) is 43.2 Å². The van der Waals surface area contributed by atoms with Crippen LogP contribution in [0.5, 0.6) is 11.5 Å². The lowest BCUT2D eigenvalue weighted by atomic mass is 9.94. The number of aryl methyl sites for hydroxylation is 1. The third kappa shape index (κ3) is 7.28. The minimum Gasteiger partial charge on any atom is -0.497 e. The van der Waals surface area contributed by atoms with Crippen molar-refractivity contribution in [2.24, 2.45) is 4.99 Å². The van der Waals surface area contributed by atoms with Gasteiger partial charge in [-0.05, 0) is 25.8 Å². The summed E-state index contributed by atoms with van der Waals surface area (Å²) in [5, 5.41) is 7.71. The summed E-state index contributed by atoms with van der Waals surface area (Å²) in [5.41, 5.74) is 2.11. The van der Waals surface area contributed by atoms with Gasteiger partial charge < -0.3 is 29.5 Å². The molecule has 33 heavy (non-hydrogen) atoms. The van der Waals surface area contributed by atoms with E-state index in [0.29, 0.717) is 12.4 Å². The predicted octanol–water partition coefficient (Wildman–Crippen LogP) is 4.78. The topological polar surface area (TPSA) is 96.7 Å². The molecule has 2 heterocycles. The number of nitrogens with zero attached hydrogens (tertiary/aromatic N) is 2. The molecule has 3 aromatic rings. The number of hydrogen-bond acceptors (Lipinski definition) is 5. The van der Waals surface area contributed by atoms with Crippen molar-refractivity contribution in [3.63, 3.8) is 0 Å². The molecule has 0 radical (unpaired) electrons. The number of methoxy groups -OCH3 is 2. The summed E-state index contributed by atoms with van der Waals surface area (Å²) < 4.78 is 16.7. The molecule has 3 rings (SSSR count). The van der Waals surface area contributed by atoms with Gasteiger partial charge in [-0.3, -0.25) is 0 Å². The van der Waals surface area contributed by atoms with Gasteiger partial charge in [-0.25, -0.2) is 9.98 Å². The Kier molecular flexibility index (Phi) is 9.87. The van der Waals surface area contributed by atoms with Gasteiger partial charge >= 0.3 is 0 Å². The van der Waals surface area contributed by atoms with Gasteiger partial charge in [0.25, 0.3) is 0 Å². The average molecular weight is 569 g/mol. The van der Waals surface area contributed by atoms with Crippen LogP contribution in [-0.2, 0) is 18.4 Å². The number of halogens is 1. The number of oxazole rings is 1. The highest BCUT2D eigenvalue weighted by molar-refractivity contribution is 14.0. The first-order chi connectivity index (χ1) is 15.3. The lowest BCUT2D eigenvalue weighted by Gasteiger charge is -2.13. The van der Waals surface area contributed by atoms with Crippen molar-refractivity contribution in [1.29, 1.82) is 0 Å². The highest BCUT2D eigenvalue weighted by Gasteiger charge is 2.19. The van der Waals surface area contributed by atoms with Crippen molar-refractivity contribution in [2.75, 3.05) is 27.3 Å². The van der Waals surface area contributed by atoms with Crippen LogP contribution in [0.2, 0.25) is 0 Å². The van der Waals surface area contributed by atoms with Crippen molar-refractivity contribution >= 4 is 40.8 Å². The highest BCUT2D eigenvalue weighted by atomic mass is 127. The Bertz CT molecular complexity index is 1050. The van der Waals surface area contributed by atoms with Crippen molar-refractivity contribution in [2.45, 2.75) is 52.5 Å². The summed E-state index contributed by atoms with van der Waals surface area (Å²) in [5.74, 6) is 3.83. The van der Waals surface area contributed by atoms with Crippen LogP contribution in [0.4, 0.5) is 0 Å². The summed E-state index contributed by atoms with van der Waals surface area (Å²) in [7, 11) is 3.33. The molecule has 0 aliphatic heterocycles. The summed E-state index contributed by atoms with van der Waals surface area (Å²) in [6.07, 6.45) is 3.64. The number of aliphatic imine (C=N–C) groups is 1. The molecule has 8 nitrogen and oxygen atoms in total. The molecule has 182 valence electrons. The van der Waals surface area contributed by atoms with Crippen LogP contribution >= 0.6 is 24.0 Å². The maximum atomic E-state index is 5.83. The molecule has 0 spiro atoms.